The molecule has 29 heavy (non-hydrogen) atoms. The summed E-state index contributed by atoms with van der Waals surface area (Å²) < 4.78 is 0. The Kier molecular flexibility index (Phi) is 7.31. The van der Waals surface area contributed by atoms with Gasteiger partial charge in [0.25, 0.3) is 0 Å². The molecule has 2 aromatic rings. The number of amides is 3. The minimum Gasteiger partial charge on any atom is -0.338 e. The van der Waals surface area contributed by atoms with Crippen LogP contribution in [0.3, 0.4) is 0 Å². The first kappa shape index (κ1) is 21.4. The number of benzene rings is 1. The Morgan fingerprint density at radius 1 is 1.24 bits per heavy atom. The van der Waals surface area contributed by atoms with Gasteiger partial charge in [0.05, 0.1) is 6.04 Å². The van der Waals surface area contributed by atoms with Crippen LogP contribution >= 0.6 is 11.3 Å². The van der Waals surface area contributed by atoms with Crippen LogP contribution in [-0.2, 0) is 11.2 Å². The van der Waals surface area contributed by atoms with Crippen LogP contribution in [0.5, 0.6) is 0 Å². The van der Waals surface area contributed by atoms with E-state index in [2.05, 4.69) is 35.8 Å². The van der Waals surface area contributed by atoms with E-state index in [0.717, 1.165) is 24.8 Å². The maximum absolute atomic E-state index is 13.4. The highest BCUT2D eigenvalue weighted by atomic mass is 32.1. The zero-order valence-corrected chi connectivity index (χ0v) is 18.4. The van der Waals surface area contributed by atoms with E-state index in [4.69, 9.17) is 0 Å². The van der Waals surface area contributed by atoms with E-state index in [1.807, 2.05) is 36.9 Å². The number of hydrogen-bond acceptors (Lipinski definition) is 3. The van der Waals surface area contributed by atoms with Crippen molar-refractivity contribution >= 4 is 23.3 Å². The maximum Gasteiger partial charge on any atom is 0.318 e. The van der Waals surface area contributed by atoms with Crippen molar-refractivity contribution in [3.8, 4) is 0 Å². The van der Waals surface area contributed by atoms with E-state index in [1.54, 1.807) is 16.2 Å². The average molecular weight is 414 g/mol. The number of carbonyl (C=O) groups excluding carboxylic acids is 2. The van der Waals surface area contributed by atoms with Crippen LogP contribution in [-0.4, -0.2) is 47.4 Å². The van der Waals surface area contributed by atoms with Gasteiger partial charge in [-0.1, -0.05) is 43.7 Å². The zero-order valence-electron chi connectivity index (χ0n) is 17.6. The SMILES string of the molecule is CCCCNC(=O)N(CC(=O)N1CCc2sccc2C1c1ccccc1)C(C)C. The third-order valence-corrected chi connectivity index (χ3v) is 6.39. The van der Waals surface area contributed by atoms with E-state index < -0.39 is 0 Å². The molecular weight excluding hydrogens is 382 g/mol. The number of hydrogen-bond donors (Lipinski definition) is 1. The maximum atomic E-state index is 13.4. The highest BCUT2D eigenvalue weighted by molar-refractivity contribution is 7.10. The van der Waals surface area contributed by atoms with Gasteiger partial charge in [-0.15, -0.1) is 11.3 Å². The smallest absolute Gasteiger partial charge is 0.318 e. The summed E-state index contributed by atoms with van der Waals surface area (Å²) in [7, 11) is 0. The molecule has 1 aliphatic heterocycles. The highest BCUT2D eigenvalue weighted by Gasteiger charge is 2.34. The number of nitrogens with one attached hydrogen (secondary N) is 1. The highest BCUT2D eigenvalue weighted by Crippen LogP contribution is 2.37. The third kappa shape index (κ3) is 4.99. The average Bonchev–Trinajstić information content (AvgIpc) is 3.20. The second-order valence-electron chi connectivity index (χ2n) is 7.76. The minimum absolute atomic E-state index is 0.00459. The minimum atomic E-state index is -0.161. The van der Waals surface area contributed by atoms with Crippen LogP contribution in [0, 0.1) is 0 Å². The van der Waals surface area contributed by atoms with Gasteiger partial charge >= 0.3 is 6.03 Å². The first-order valence-electron chi connectivity index (χ1n) is 10.5. The Morgan fingerprint density at radius 2 is 2.00 bits per heavy atom. The second kappa shape index (κ2) is 9.92. The van der Waals surface area contributed by atoms with Crippen molar-refractivity contribution < 1.29 is 9.59 Å². The molecule has 1 unspecified atom stereocenters. The molecule has 0 spiro atoms. The Morgan fingerprint density at radius 3 is 2.69 bits per heavy atom. The summed E-state index contributed by atoms with van der Waals surface area (Å²) in [6.45, 7) is 7.41. The van der Waals surface area contributed by atoms with Crippen molar-refractivity contribution in [2.24, 2.45) is 0 Å². The fourth-order valence-electron chi connectivity index (χ4n) is 3.78. The first-order valence-corrected chi connectivity index (χ1v) is 11.4. The summed E-state index contributed by atoms with van der Waals surface area (Å²) >= 11 is 1.76. The lowest BCUT2D eigenvalue weighted by molar-refractivity contribution is -0.134. The van der Waals surface area contributed by atoms with Gasteiger partial charge < -0.3 is 15.1 Å². The lowest BCUT2D eigenvalue weighted by Gasteiger charge is -2.38. The summed E-state index contributed by atoms with van der Waals surface area (Å²) in [6.07, 6.45) is 2.83. The Balaban J connectivity index is 1.80. The van der Waals surface area contributed by atoms with Crippen LogP contribution in [0.15, 0.2) is 41.8 Å². The topological polar surface area (TPSA) is 52.7 Å². The van der Waals surface area contributed by atoms with Gasteiger partial charge in [0.1, 0.15) is 6.54 Å². The zero-order chi connectivity index (χ0) is 20.8. The number of unbranched alkanes of at least 4 members (excludes halogenated alkanes) is 1. The number of nitrogens with zero attached hydrogens (tertiary/aromatic N) is 2. The molecule has 156 valence electrons. The Bertz CT molecular complexity index is 819. The molecule has 0 radical (unpaired) electrons. The van der Waals surface area contributed by atoms with Crippen LogP contribution in [0.1, 0.15) is 55.7 Å². The van der Waals surface area contributed by atoms with Crippen LogP contribution in [0.4, 0.5) is 4.79 Å². The molecule has 3 rings (SSSR count). The van der Waals surface area contributed by atoms with E-state index in [-0.39, 0.29) is 30.6 Å². The predicted molar refractivity (Wildman–Crippen MR) is 118 cm³/mol. The number of carbonyl (C=O) groups is 2. The Hall–Kier alpha value is -2.34. The largest absolute Gasteiger partial charge is 0.338 e. The van der Waals surface area contributed by atoms with Crippen LogP contribution in [0.25, 0.3) is 0 Å². The molecule has 5 nitrogen and oxygen atoms in total. The molecule has 0 aliphatic carbocycles. The molecular formula is C23H31N3O2S. The van der Waals surface area contributed by atoms with Crippen molar-refractivity contribution in [3.05, 3.63) is 57.8 Å². The van der Waals surface area contributed by atoms with Crippen molar-refractivity contribution in [1.82, 2.24) is 15.1 Å². The molecule has 1 aromatic carbocycles. The number of rotatable bonds is 7. The van der Waals surface area contributed by atoms with Crippen molar-refractivity contribution in [2.75, 3.05) is 19.6 Å². The van der Waals surface area contributed by atoms with Gasteiger partial charge in [-0.2, -0.15) is 0 Å². The summed E-state index contributed by atoms with van der Waals surface area (Å²) in [5.41, 5.74) is 2.33. The summed E-state index contributed by atoms with van der Waals surface area (Å²) in [4.78, 5) is 30.9. The number of thiophene rings is 1. The van der Waals surface area contributed by atoms with Gasteiger partial charge in [-0.05, 0) is 49.3 Å². The van der Waals surface area contributed by atoms with E-state index in [9.17, 15) is 9.59 Å². The fraction of sp³-hybridized carbons (Fsp3) is 0.478. The molecule has 0 bridgehead atoms. The lowest BCUT2D eigenvalue weighted by atomic mass is 9.93. The van der Waals surface area contributed by atoms with Crippen molar-refractivity contribution in [3.63, 3.8) is 0 Å². The van der Waals surface area contributed by atoms with Crippen molar-refractivity contribution in [2.45, 2.75) is 52.1 Å². The van der Waals surface area contributed by atoms with Gasteiger partial charge in [-0.25, -0.2) is 4.79 Å². The summed E-state index contributed by atoms with van der Waals surface area (Å²) in [6, 6.07) is 12.0. The molecule has 6 heteroatoms. The summed E-state index contributed by atoms with van der Waals surface area (Å²) in [5.74, 6) is -0.00459. The third-order valence-electron chi connectivity index (χ3n) is 5.40. The lowest BCUT2D eigenvalue weighted by Crippen LogP contribution is -2.51. The molecule has 3 amide bonds. The number of urea groups is 1. The quantitative estimate of drug-likeness (QED) is 0.682. The Labute approximate surface area is 177 Å². The normalized spacial score (nSPS) is 15.9. The van der Waals surface area contributed by atoms with Gasteiger partial charge in [0.15, 0.2) is 0 Å². The standard InChI is InChI=1S/C23H31N3O2S/c1-4-5-13-24-23(28)26(17(2)3)16-21(27)25-14-11-20-19(12-15-29-20)22(25)18-9-7-6-8-10-18/h6-10,12,15,17,22H,4-5,11,13-14,16H2,1-3H3,(H,24,28). The number of fused-ring (bicyclic) bond motifs is 1. The molecule has 0 fully saturated rings. The van der Waals surface area contributed by atoms with E-state index in [1.165, 1.54) is 10.4 Å². The predicted octanol–water partition coefficient (Wildman–Crippen LogP) is 4.44. The van der Waals surface area contributed by atoms with E-state index >= 15 is 0 Å². The molecule has 1 N–H and O–H groups in total. The molecule has 2 heterocycles. The fourth-order valence-corrected chi connectivity index (χ4v) is 4.68. The molecule has 0 saturated carbocycles. The van der Waals surface area contributed by atoms with Crippen LogP contribution in [0.2, 0.25) is 0 Å². The molecule has 1 aliphatic rings. The molecule has 1 atom stereocenters. The monoisotopic (exact) mass is 413 g/mol. The van der Waals surface area contributed by atoms with Gasteiger partial charge in [0.2, 0.25) is 5.91 Å². The van der Waals surface area contributed by atoms with Gasteiger partial charge in [0, 0.05) is 24.0 Å². The molecule has 1 aromatic heterocycles. The van der Waals surface area contributed by atoms with Gasteiger partial charge in [-0.3, -0.25) is 4.79 Å². The van der Waals surface area contributed by atoms with E-state index in [0.29, 0.717) is 13.1 Å². The first-order chi connectivity index (χ1) is 14.0. The molecule has 0 saturated heterocycles. The van der Waals surface area contributed by atoms with Crippen molar-refractivity contribution in [1.29, 1.82) is 0 Å². The summed E-state index contributed by atoms with van der Waals surface area (Å²) in [5, 5.41) is 5.05. The second-order valence-corrected chi connectivity index (χ2v) is 8.76. The van der Waals surface area contributed by atoms with Crippen LogP contribution < -0.4 is 5.32 Å².